The lowest BCUT2D eigenvalue weighted by Crippen LogP contribution is -2.09. The summed E-state index contributed by atoms with van der Waals surface area (Å²) in [7, 11) is 0. The molecule has 0 amide bonds. The molecule has 2 heterocycles. The van der Waals surface area contributed by atoms with Crippen molar-refractivity contribution in [2.24, 2.45) is 0 Å². The Morgan fingerprint density at radius 1 is 1.11 bits per heavy atom. The van der Waals surface area contributed by atoms with E-state index in [0.717, 1.165) is 0 Å². The predicted octanol–water partition coefficient (Wildman–Crippen LogP) is 0.771. The Morgan fingerprint density at radius 2 is 1.89 bits per heavy atom. The highest BCUT2D eigenvalue weighted by Gasteiger charge is 2.17. The van der Waals surface area contributed by atoms with Crippen LogP contribution in [0.5, 0.6) is 0 Å². The van der Waals surface area contributed by atoms with E-state index in [1.807, 2.05) is 6.07 Å². The van der Waals surface area contributed by atoms with E-state index in [0.29, 0.717) is 16.7 Å². The number of hydrogen-bond donors (Lipinski definition) is 1. The zero-order chi connectivity index (χ0) is 12.5. The molecule has 0 saturated carbocycles. The van der Waals surface area contributed by atoms with Crippen LogP contribution in [0.25, 0.3) is 11.2 Å². The van der Waals surface area contributed by atoms with Crippen molar-refractivity contribution >= 4 is 16.9 Å². The Balaban J connectivity index is 2.18. The molecule has 6 nitrogen and oxygen atoms in total. The first-order chi connectivity index (χ1) is 8.77. The van der Waals surface area contributed by atoms with Crippen LogP contribution < -0.4 is 5.84 Å². The van der Waals surface area contributed by atoms with E-state index in [2.05, 4.69) is 15.0 Å². The molecule has 2 aromatic heterocycles. The highest BCUT2D eigenvalue weighted by atomic mass is 16.1. The minimum absolute atomic E-state index is 0.193. The summed E-state index contributed by atoms with van der Waals surface area (Å²) in [5.74, 6) is 5.44. The maximum absolute atomic E-state index is 12.3. The third kappa shape index (κ3) is 1.51. The van der Waals surface area contributed by atoms with Gasteiger partial charge in [0.15, 0.2) is 5.65 Å². The molecule has 0 saturated heterocycles. The number of nitrogen functional groups attached to an aromatic ring is 1. The first-order valence-electron chi connectivity index (χ1n) is 5.30. The number of ketones is 1. The van der Waals surface area contributed by atoms with Crippen LogP contribution in [0.3, 0.4) is 0 Å². The second-order valence-electron chi connectivity index (χ2n) is 3.74. The topological polar surface area (TPSA) is 86.7 Å². The SMILES string of the molecule is Nn1cnc2c(C(=O)c3ccccc3)ncnc21. The fraction of sp³-hybridized carbons (Fsp3) is 0. The second kappa shape index (κ2) is 3.92. The number of carbonyl (C=O) groups excluding carboxylic acids is 1. The van der Waals surface area contributed by atoms with Crippen LogP contribution in [-0.4, -0.2) is 25.4 Å². The fourth-order valence-corrected chi connectivity index (χ4v) is 1.74. The van der Waals surface area contributed by atoms with Crippen molar-refractivity contribution in [2.45, 2.75) is 0 Å². The highest BCUT2D eigenvalue weighted by Crippen LogP contribution is 2.15. The van der Waals surface area contributed by atoms with Crippen LogP contribution in [-0.2, 0) is 0 Å². The summed E-state index contributed by atoms with van der Waals surface area (Å²) in [5, 5.41) is 0. The van der Waals surface area contributed by atoms with Gasteiger partial charge < -0.3 is 5.84 Å². The van der Waals surface area contributed by atoms with Gasteiger partial charge in [-0.2, -0.15) is 0 Å². The maximum Gasteiger partial charge on any atom is 0.213 e. The largest absolute Gasteiger partial charge is 0.336 e. The number of nitrogens with two attached hydrogens (primary N) is 1. The molecule has 6 heteroatoms. The number of imidazole rings is 1. The van der Waals surface area contributed by atoms with Gasteiger partial charge in [0.05, 0.1) is 0 Å². The predicted molar refractivity (Wildman–Crippen MR) is 65.3 cm³/mol. The molecule has 0 radical (unpaired) electrons. The molecule has 88 valence electrons. The normalized spacial score (nSPS) is 10.7. The molecular weight excluding hydrogens is 230 g/mol. The zero-order valence-corrected chi connectivity index (χ0v) is 9.32. The molecule has 1 aromatic carbocycles. The van der Waals surface area contributed by atoms with Crippen LogP contribution in [0.4, 0.5) is 0 Å². The van der Waals surface area contributed by atoms with Crippen LogP contribution >= 0.6 is 0 Å². The quantitative estimate of drug-likeness (QED) is 0.527. The van der Waals surface area contributed by atoms with E-state index in [1.165, 1.54) is 17.3 Å². The van der Waals surface area contributed by atoms with Crippen LogP contribution in [0, 0.1) is 0 Å². The molecule has 3 aromatic rings. The number of nitrogens with zero attached hydrogens (tertiary/aromatic N) is 4. The summed E-state index contributed by atoms with van der Waals surface area (Å²) in [5.41, 5.74) is 1.66. The van der Waals surface area contributed by atoms with Gasteiger partial charge in [-0.15, -0.1) is 0 Å². The van der Waals surface area contributed by atoms with E-state index in [1.54, 1.807) is 24.3 Å². The van der Waals surface area contributed by atoms with Gasteiger partial charge in [-0.1, -0.05) is 30.3 Å². The van der Waals surface area contributed by atoms with Crippen molar-refractivity contribution in [3.63, 3.8) is 0 Å². The van der Waals surface area contributed by atoms with Gasteiger partial charge in [0, 0.05) is 5.56 Å². The average Bonchev–Trinajstić information content (AvgIpc) is 2.81. The number of rotatable bonds is 2. The number of carbonyl (C=O) groups is 1. The fourth-order valence-electron chi connectivity index (χ4n) is 1.74. The van der Waals surface area contributed by atoms with Gasteiger partial charge in [0.2, 0.25) is 5.78 Å². The van der Waals surface area contributed by atoms with Crippen molar-refractivity contribution in [3.05, 3.63) is 54.2 Å². The molecule has 0 unspecified atom stereocenters. The smallest absolute Gasteiger partial charge is 0.213 e. The maximum atomic E-state index is 12.3. The summed E-state index contributed by atoms with van der Waals surface area (Å²) in [6, 6.07) is 8.91. The molecule has 0 aliphatic carbocycles. The molecule has 0 aliphatic rings. The number of fused-ring (bicyclic) bond motifs is 1. The van der Waals surface area contributed by atoms with Crippen LogP contribution in [0.2, 0.25) is 0 Å². The minimum Gasteiger partial charge on any atom is -0.336 e. The van der Waals surface area contributed by atoms with Crippen molar-refractivity contribution in [1.29, 1.82) is 0 Å². The van der Waals surface area contributed by atoms with Crippen molar-refractivity contribution in [2.75, 3.05) is 5.84 Å². The average molecular weight is 239 g/mol. The Kier molecular flexibility index (Phi) is 2.26. The Labute approximate surface area is 102 Å². The zero-order valence-electron chi connectivity index (χ0n) is 9.32. The molecule has 0 fully saturated rings. The van der Waals surface area contributed by atoms with Gasteiger partial charge in [-0.25, -0.2) is 19.6 Å². The lowest BCUT2D eigenvalue weighted by Gasteiger charge is -2.00. The number of benzene rings is 1. The molecule has 3 rings (SSSR count). The summed E-state index contributed by atoms with van der Waals surface area (Å²) in [4.78, 5) is 24.3. The molecule has 0 bridgehead atoms. The molecule has 0 spiro atoms. The third-order valence-corrected chi connectivity index (χ3v) is 2.61. The first-order valence-corrected chi connectivity index (χ1v) is 5.30. The number of hydrogen-bond acceptors (Lipinski definition) is 5. The summed E-state index contributed by atoms with van der Waals surface area (Å²) in [6.07, 6.45) is 2.71. The molecule has 0 aliphatic heterocycles. The number of aromatic nitrogens is 4. The van der Waals surface area contributed by atoms with Gasteiger partial charge in [0.25, 0.3) is 0 Å². The van der Waals surface area contributed by atoms with E-state index in [-0.39, 0.29) is 11.5 Å². The van der Waals surface area contributed by atoms with Crippen LogP contribution in [0.1, 0.15) is 16.1 Å². The summed E-state index contributed by atoms with van der Waals surface area (Å²) >= 11 is 0. The van der Waals surface area contributed by atoms with Crippen molar-refractivity contribution in [1.82, 2.24) is 19.6 Å². The first kappa shape index (κ1) is 10.4. The standard InChI is InChI=1S/C12H9N5O/c13-17-7-16-10-9(14-6-15-12(10)17)11(18)8-4-2-1-3-5-8/h1-7H,13H2. The van der Waals surface area contributed by atoms with Crippen LogP contribution in [0.15, 0.2) is 43.0 Å². The van der Waals surface area contributed by atoms with E-state index < -0.39 is 0 Å². The van der Waals surface area contributed by atoms with Crippen molar-refractivity contribution in [3.8, 4) is 0 Å². The Hall–Kier alpha value is -2.76. The van der Waals surface area contributed by atoms with E-state index >= 15 is 0 Å². The van der Waals surface area contributed by atoms with Gasteiger partial charge in [-0.3, -0.25) is 4.79 Å². The highest BCUT2D eigenvalue weighted by molar-refractivity contribution is 6.13. The molecule has 18 heavy (non-hydrogen) atoms. The lowest BCUT2D eigenvalue weighted by atomic mass is 10.1. The van der Waals surface area contributed by atoms with Gasteiger partial charge in [0.1, 0.15) is 23.9 Å². The lowest BCUT2D eigenvalue weighted by molar-refractivity contribution is 0.103. The monoisotopic (exact) mass is 239 g/mol. The third-order valence-electron chi connectivity index (χ3n) is 2.61. The minimum atomic E-state index is -0.193. The van der Waals surface area contributed by atoms with E-state index in [4.69, 9.17) is 5.84 Å². The van der Waals surface area contributed by atoms with Gasteiger partial charge in [-0.05, 0) is 0 Å². The molecule has 0 atom stereocenters. The molecular formula is C12H9N5O. The molecule has 2 N–H and O–H groups in total. The van der Waals surface area contributed by atoms with Gasteiger partial charge >= 0.3 is 0 Å². The van der Waals surface area contributed by atoms with Crippen molar-refractivity contribution < 1.29 is 4.79 Å². The summed E-state index contributed by atoms with van der Waals surface area (Å²) < 4.78 is 1.26. The Bertz CT molecular complexity index is 720. The summed E-state index contributed by atoms with van der Waals surface area (Å²) in [6.45, 7) is 0. The second-order valence-corrected chi connectivity index (χ2v) is 3.74. The Morgan fingerprint density at radius 3 is 2.67 bits per heavy atom. The van der Waals surface area contributed by atoms with E-state index in [9.17, 15) is 4.79 Å².